The number of anilines is 1. The molecule has 2 aliphatic rings. The third kappa shape index (κ3) is 3.68. The van der Waals surface area contributed by atoms with Gasteiger partial charge in [-0.3, -0.25) is 19.8 Å². The molecule has 1 N–H and O–H groups in total. The van der Waals surface area contributed by atoms with Crippen LogP contribution in [0.25, 0.3) is 6.08 Å². The molecule has 1 aromatic heterocycles. The Bertz CT molecular complexity index is 767. The molecule has 0 spiro atoms. The van der Waals surface area contributed by atoms with Crippen LogP contribution in [-0.2, 0) is 14.3 Å². The maximum absolute atomic E-state index is 12.5. The van der Waals surface area contributed by atoms with Crippen LogP contribution in [0, 0.1) is 0 Å². The summed E-state index contributed by atoms with van der Waals surface area (Å²) in [6.45, 7) is 6.48. The van der Waals surface area contributed by atoms with Gasteiger partial charge in [-0.1, -0.05) is 6.08 Å². The number of carbonyl (C=O) groups is 2. The highest BCUT2D eigenvalue weighted by molar-refractivity contribution is 9.10. The van der Waals surface area contributed by atoms with Gasteiger partial charge >= 0.3 is 0 Å². The fraction of sp³-hybridized carbons (Fsp3) is 0.312. The van der Waals surface area contributed by atoms with Crippen LogP contribution >= 0.6 is 28.1 Å². The molecule has 0 aliphatic carbocycles. The van der Waals surface area contributed by atoms with Gasteiger partial charge in [0.05, 0.1) is 17.7 Å². The SMILES string of the molecule is C=CCN1C(=O)/C(=C\c2cc(Br)c(N3CCOCC3)o2)C(=O)NC1=S. The monoisotopic (exact) mass is 425 g/mol. The lowest BCUT2D eigenvalue weighted by Crippen LogP contribution is -2.53. The van der Waals surface area contributed by atoms with Crippen molar-refractivity contribution in [3.63, 3.8) is 0 Å². The maximum atomic E-state index is 12.5. The van der Waals surface area contributed by atoms with Crippen molar-refractivity contribution in [2.24, 2.45) is 0 Å². The molecule has 0 aromatic carbocycles. The van der Waals surface area contributed by atoms with E-state index in [4.69, 9.17) is 21.4 Å². The molecule has 3 rings (SSSR count). The molecule has 7 nitrogen and oxygen atoms in total. The Morgan fingerprint density at radius 3 is 2.76 bits per heavy atom. The first-order valence-corrected chi connectivity index (χ1v) is 8.83. The number of nitrogens with one attached hydrogen (secondary N) is 1. The quantitative estimate of drug-likeness (QED) is 0.342. The largest absolute Gasteiger partial charge is 0.440 e. The third-order valence-corrected chi connectivity index (χ3v) is 4.66. The van der Waals surface area contributed by atoms with Crippen molar-refractivity contribution in [3.8, 4) is 0 Å². The van der Waals surface area contributed by atoms with Gasteiger partial charge in [0.15, 0.2) is 5.11 Å². The van der Waals surface area contributed by atoms with E-state index in [2.05, 4.69) is 27.8 Å². The number of hydrogen-bond donors (Lipinski definition) is 1. The van der Waals surface area contributed by atoms with Gasteiger partial charge in [-0.25, -0.2) is 0 Å². The van der Waals surface area contributed by atoms with Gasteiger partial charge in [0.2, 0.25) is 5.88 Å². The predicted molar refractivity (Wildman–Crippen MR) is 100 cm³/mol. The molecule has 1 aromatic rings. The fourth-order valence-corrected chi connectivity index (χ4v) is 3.37. The Kier molecular flexibility index (Phi) is 5.36. The standard InChI is InChI=1S/C16H16BrN3O4S/c1-2-3-20-14(22)11(13(21)18-16(20)25)8-10-9-12(17)15(24-10)19-4-6-23-7-5-19/h2,8-9H,1,3-7H2,(H,18,21,25)/b11-8-. The summed E-state index contributed by atoms with van der Waals surface area (Å²) >= 11 is 8.48. The summed E-state index contributed by atoms with van der Waals surface area (Å²) in [6.07, 6.45) is 2.96. The summed E-state index contributed by atoms with van der Waals surface area (Å²) < 4.78 is 11.9. The summed E-state index contributed by atoms with van der Waals surface area (Å²) in [7, 11) is 0. The van der Waals surface area contributed by atoms with Crippen LogP contribution in [0.4, 0.5) is 5.88 Å². The van der Waals surface area contributed by atoms with E-state index >= 15 is 0 Å². The second-order valence-electron chi connectivity index (χ2n) is 5.42. The van der Waals surface area contributed by atoms with E-state index in [1.165, 1.54) is 11.0 Å². The van der Waals surface area contributed by atoms with Crippen molar-refractivity contribution in [1.82, 2.24) is 10.2 Å². The van der Waals surface area contributed by atoms with Gasteiger partial charge in [0.25, 0.3) is 11.8 Å². The van der Waals surface area contributed by atoms with E-state index in [9.17, 15) is 9.59 Å². The molecule has 2 amide bonds. The number of carbonyl (C=O) groups excluding carboxylic acids is 2. The molecule has 9 heteroatoms. The third-order valence-electron chi connectivity index (χ3n) is 3.77. The van der Waals surface area contributed by atoms with Crippen molar-refractivity contribution < 1.29 is 18.7 Å². The van der Waals surface area contributed by atoms with E-state index in [1.54, 1.807) is 12.1 Å². The van der Waals surface area contributed by atoms with Crippen LogP contribution in [0.15, 0.2) is 33.2 Å². The molecule has 132 valence electrons. The Labute approximate surface area is 158 Å². The minimum absolute atomic E-state index is 0.0368. The Balaban J connectivity index is 1.88. The number of hydrogen-bond acceptors (Lipinski definition) is 6. The second kappa shape index (κ2) is 7.51. The number of ether oxygens (including phenoxy) is 1. The van der Waals surface area contributed by atoms with Gasteiger partial charge in [0, 0.05) is 25.7 Å². The average Bonchev–Trinajstić information content (AvgIpc) is 2.97. The van der Waals surface area contributed by atoms with Gasteiger partial charge in [-0.15, -0.1) is 6.58 Å². The van der Waals surface area contributed by atoms with Gasteiger partial charge in [-0.2, -0.15) is 0 Å². The molecule has 0 bridgehead atoms. The first kappa shape index (κ1) is 17.8. The fourth-order valence-electron chi connectivity index (χ4n) is 2.56. The summed E-state index contributed by atoms with van der Waals surface area (Å²) in [6, 6.07) is 1.73. The Morgan fingerprint density at radius 1 is 1.36 bits per heavy atom. The average molecular weight is 426 g/mol. The number of morpholine rings is 1. The highest BCUT2D eigenvalue weighted by Crippen LogP contribution is 2.32. The van der Waals surface area contributed by atoms with Crippen LogP contribution in [0.2, 0.25) is 0 Å². The van der Waals surface area contributed by atoms with E-state index < -0.39 is 11.8 Å². The van der Waals surface area contributed by atoms with Crippen molar-refractivity contribution >= 4 is 57.0 Å². The molecule has 0 saturated carbocycles. The molecule has 2 aliphatic heterocycles. The zero-order valence-electron chi connectivity index (χ0n) is 13.3. The molecular weight excluding hydrogens is 410 g/mol. The summed E-state index contributed by atoms with van der Waals surface area (Å²) in [5, 5.41) is 2.57. The smallest absolute Gasteiger partial charge is 0.266 e. The van der Waals surface area contributed by atoms with Crippen molar-refractivity contribution in [2.75, 3.05) is 37.7 Å². The molecule has 3 heterocycles. The van der Waals surface area contributed by atoms with E-state index in [-0.39, 0.29) is 17.2 Å². The lowest BCUT2D eigenvalue weighted by Gasteiger charge is -2.27. The minimum atomic E-state index is -0.546. The number of thiocarbonyl (C=S) groups is 1. The summed E-state index contributed by atoms with van der Waals surface area (Å²) in [5.41, 5.74) is -0.0368. The topological polar surface area (TPSA) is 75.0 Å². The molecule has 25 heavy (non-hydrogen) atoms. The zero-order valence-corrected chi connectivity index (χ0v) is 15.7. The minimum Gasteiger partial charge on any atom is -0.440 e. The van der Waals surface area contributed by atoms with Crippen molar-refractivity contribution in [1.29, 1.82) is 0 Å². The number of halogens is 1. The highest BCUT2D eigenvalue weighted by atomic mass is 79.9. The second-order valence-corrected chi connectivity index (χ2v) is 6.66. The van der Waals surface area contributed by atoms with Crippen LogP contribution in [0.1, 0.15) is 5.76 Å². The van der Waals surface area contributed by atoms with E-state index in [0.29, 0.717) is 37.9 Å². The molecule has 0 radical (unpaired) electrons. The van der Waals surface area contributed by atoms with E-state index in [1.807, 2.05) is 4.90 Å². The van der Waals surface area contributed by atoms with Crippen LogP contribution < -0.4 is 10.2 Å². The molecular formula is C16H16BrN3O4S. The van der Waals surface area contributed by atoms with Gasteiger partial charge in [0.1, 0.15) is 11.3 Å². The van der Waals surface area contributed by atoms with Gasteiger partial charge < -0.3 is 14.1 Å². The van der Waals surface area contributed by atoms with Crippen molar-refractivity contribution in [3.05, 3.63) is 34.5 Å². The number of furan rings is 1. The van der Waals surface area contributed by atoms with Crippen LogP contribution in [0.3, 0.4) is 0 Å². The number of rotatable bonds is 4. The first-order chi connectivity index (χ1) is 12.0. The maximum Gasteiger partial charge on any atom is 0.266 e. The van der Waals surface area contributed by atoms with Crippen molar-refractivity contribution in [2.45, 2.75) is 0 Å². The molecule has 0 atom stereocenters. The lowest BCUT2D eigenvalue weighted by molar-refractivity contribution is -0.128. The number of nitrogens with zero attached hydrogens (tertiary/aromatic N) is 2. The number of amides is 2. The van der Waals surface area contributed by atoms with Crippen LogP contribution in [0.5, 0.6) is 0 Å². The lowest BCUT2D eigenvalue weighted by atomic mass is 10.1. The van der Waals surface area contributed by atoms with Crippen LogP contribution in [-0.4, -0.2) is 54.7 Å². The van der Waals surface area contributed by atoms with E-state index in [0.717, 1.165) is 4.47 Å². The zero-order chi connectivity index (χ0) is 18.0. The Hall–Kier alpha value is -1.97. The highest BCUT2D eigenvalue weighted by Gasteiger charge is 2.33. The normalized spacial score (nSPS) is 20.2. The summed E-state index contributed by atoms with van der Waals surface area (Å²) in [5.74, 6) is 0.0281. The molecule has 2 saturated heterocycles. The first-order valence-electron chi connectivity index (χ1n) is 7.63. The molecule has 0 unspecified atom stereocenters. The summed E-state index contributed by atoms with van der Waals surface area (Å²) in [4.78, 5) is 28.0. The molecule has 2 fully saturated rings. The predicted octanol–water partition coefficient (Wildman–Crippen LogP) is 1.69. The van der Waals surface area contributed by atoms with Gasteiger partial charge in [-0.05, 0) is 34.2 Å². The Morgan fingerprint density at radius 2 is 2.08 bits per heavy atom.